The molecule has 0 fully saturated rings. The minimum Gasteiger partial charge on any atom is -0.252 e. The van der Waals surface area contributed by atoms with Crippen molar-refractivity contribution in [3.05, 3.63) is 73.7 Å². The van der Waals surface area contributed by atoms with E-state index in [1.807, 2.05) is 31.2 Å². The molecule has 0 bridgehead atoms. The zero-order chi connectivity index (χ0) is 15.0. The van der Waals surface area contributed by atoms with Crippen LogP contribution in [-0.2, 0) is 0 Å². The number of hydrogen-bond acceptors (Lipinski definition) is 2. The van der Waals surface area contributed by atoms with E-state index in [9.17, 15) is 0 Å². The number of halogens is 2. The molecule has 1 heterocycles. The SMILES string of the molecule is CC1=C(C)Sc2cc(Cl)ccc2C(c2cccc(Br)c2)=N1. The summed E-state index contributed by atoms with van der Waals surface area (Å²) in [7, 11) is 0. The van der Waals surface area contributed by atoms with Gasteiger partial charge in [0.2, 0.25) is 0 Å². The maximum absolute atomic E-state index is 6.16. The number of rotatable bonds is 1. The molecule has 106 valence electrons. The van der Waals surface area contributed by atoms with Gasteiger partial charge in [-0.1, -0.05) is 57.5 Å². The van der Waals surface area contributed by atoms with Crippen molar-refractivity contribution in [1.82, 2.24) is 0 Å². The van der Waals surface area contributed by atoms with Crippen LogP contribution >= 0.6 is 39.3 Å². The van der Waals surface area contributed by atoms with Gasteiger partial charge in [-0.3, -0.25) is 4.99 Å². The van der Waals surface area contributed by atoms with E-state index in [4.69, 9.17) is 16.6 Å². The molecular weight excluding hydrogens is 366 g/mol. The van der Waals surface area contributed by atoms with E-state index in [2.05, 4.69) is 41.1 Å². The van der Waals surface area contributed by atoms with Crippen LogP contribution in [0.1, 0.15) is 25.0 Å². The first-order valence-corrected chi connectivity index (χ1v) is 8.53. The number of thioether (sulfide) groups is 1. The van der Waals surface area contributed by atoms with Crippen molar-refractivity contribution in [2.24, 2.45) is 4.99 Å². The molecule has 0 radical (unpaired) electrons. The number of benzene rings is 2. The molecule has 1 nitrogen and oxygen atoms in total. The summed E-state index contributed by atoms with van der Waals surface area (Å²) >= 11 is 11.4. The van der Waals surface area contributed by atoms with Gasteiger partial charge in [-0.15, -0.1) is 0 Å². The fraction of sp³-hybridized carbons (Fsp3) is 0.118. The lowest BCUT2D eigenvalue weighted by Crippen LogP contribution is -2.04. The average Bonchev–Trinajstić information content (AvgIpc) is 2.56. The Morgan fingerprint density at radius 3 is 2.67 bits per heavy atom. The van der Waals surface area contributed by atoms with Crippen molar-refractivity contribution >= 4 is 45.0 Å². The van der Waals surface area contributed by atoms with Crippen LogP contribution in [0.4, 0.5) is 0 Å². The molecule has 0 spiro atoms. The van der Waals surface area contributed by atoms with Gasteiger partial charge in [0.15, 0.2) is 0 Å². The van der Waals surface area contributed by atoms with Gasteiger partial charge in [-0.2, -0.15) is 0 Å². The smallest absolute Gasteiger partial charge is 0.0789 e. The molecule has 0 saturated heterocycles. The summed E-state index contributed by atoms with van der Waals surface area (Å²) in [6, 6.07) is 14.2. The molecule has 0 aliphatic carbocycles. The maximum atomic E-state index is 6.16. The van der Waals surface area contributed by atoms with E-state index >= 15 is 0 Å². The third kappa shape index (κ3) is 3.10. The standard InChI is InChI=1S/C17H13BrClNS/c1-10-11(2)21-16-9-14(19)6-7-15(16)17(20-10)12-4-3-5-13(18)8-12/h3-9H,1-2H3. The highest BCUT2D eigenvalue weighted by molar-refractivity contribution is 9.10. The van der Waals surface area contributed by atoms with Gasteiger partial charge in [0.25, 0.3) is 0 Å². The van der Waals surface area contributed by atoms with Gasteiger partial charge in [0.1, 0.15) is 0 Å². The van der Waals surface area contributed by atoms with Gasteiger partial charge in [0, 0.05) is 36.1 Å². The van der Waals surface area contributed by atoms with E-state index in [1.54, 1.807) is 11.8 Å². The van der Waals surface area contributed by atoms with Crippen molar-refractivity contribution in [3.63, 3.8) is 0 Å². The van der Waals surface area contributed by atoms with Crippen LogP contribution in [0.25, 0.3) is 0 Å². The largest absolute Gasteiger partial charge is 0.252 e. The van der Waals surface area contributed by atoms with Gasteiger partial charge in [0.05, 0.1) is 5.71 Å². The van der Waals surface area contributed by atoms with Crippen molar-refractivity contribution in [1.29, 1.82) is 0 Å². The quantitative estimate of drug-likeness (QED) is 0.567. The first-order valence-electron chi connectivity index (χ1n) is 6.54. The summed E-state index contributed by atoms with van der Waals surface area (Å²) in [6.45, 7) is 4.14. The van der Waals surface area contributed by atoms with Crippen LogP contribution in [0.15, 0.2) is 67.4 Å². The zero-order valence-electron chi connectivity index (χ0n) is 11.7. The molecule has 0 atom stereocenters. The molecule has 21 heavy (non-hydrogen) atoms. The molecule has 0 unspecified atom stereocenters. The fourth-order valence-corrected chi connectivity index (χ4v) is 3.80. The number of nitrogens with zero attached hydrogens (tertiary/aromatic N) is 1. The monoisotopic (exact) mass is 377 g/mol. The van der Waals surface area contributed by atoms with Gasteiger partial charge in [-0.05, 0) is 38.1 Å². The second kappa shape index (κ2) is 5.99. The summed E-state index contributed by atoms with van der Waals surface area (Å²) in [5, 5.41) is 0.752. The molecule has 2 aromatic carbocycles. The second-order valence-electron chi connectivity index (χ2n) is 4.85. The fourth-order valence-electron chi connectivity index (χ4n) is 2.18. The zero-order valence-corrected chi connectivity index (χ0v) is 14.8. The minimum absolute atomic E-state index is 0.752. The number of allylic oxidation sites excluding steroid dienone is 2. The highest BCUT2D eigenvalue weighted by atomic mass is 79.9. The van der Waals surface area contributed by atoms with E-state index in [-0.39, 0.29) is 0 Å². The van der Waals surface area contributed by atoms with Crippen LogP contribution in [-0.4, -0.2) is 5.71 Å². The number of fused-ring (bicyclic) bond motifs is 1. The van der Waals surface area contributed by atoms with Crippen LogP contribution < -0.4 is 0 Å². The molecule has 1 aliphatic heterocycles. The van der Waals surface area contributed by atoms with Crippen LogP contribution in [0.2, 0.25) is 5.02 Å². The maximum Gasteiger partial charge on any atom is 0.0789 e. The van der Waals surface area contributed by atoms with E-state index in [0.717, 1.165) is 36.9 Å². The van der Waals surface area contributed by atoms with Gasteiger partial charge >= 0.3 is 0 Å². The summed E-state index contributed by atoms with van der Waals surface area (Å²) in [6.07, 6.45) is 0. The van der Waals surface area contributed by atoms with Crippen LogP contribution in [0.5, 0.6) is 0 Å². The lowest BCUT2D eigenvalue weighted by atomic mass is 10.0. The van der Waals surface area contributed by atoms with Gasteiger partial charge < -0.3 is 0 Å². The van der Waals surface area contributed by atoms with Crippen molar-refractivity contribution in [2.75, 3.05) is 0 Å². The topological polar surface area (TPSA) is 12.4 Å². The van der Waals surface area contributed by atoms with E-state index < -0.39 is 0 Å². The third-order valence-electron chi connectivity index (χ3n) is 3.35. The first-order chi connectivity index (χ1) is 10.0. The summed E-state index contributed by atoms with van der Waals surface area (Å²) in [4.78, 5) is 7.20. The molecular formula is C17H13BrClNS. The Labute approximate surface area is 142 Å². The summed E-state index contributed by atoms with van der Waals surface area (Å²) in [5.74, 6) is 0. The van der Waals surface area contributed by atoms with E-state index in [1.165, 1.54) is 4.91 Å². The Balaban J connectivity index is 2.25. The minimum atomic E-state index is 0.752. The molecule has 3 rings (SSSR count). The highest BCUT2D eigenvalue weighted by Crippen LogP contribution is 2.37. The predicted octanol–water partition coefficient (Wildman–Crippen LogP) is 6.30. The molecule has 1 aliphatic rings. The van der Waals surface area contributed by atoms with Crippen molar-refractivity contribution in [2.45, 2.75) is 18.7 Å². The highest BCUT2D eigenvalue weighted by Gasteiger charge is 2.17. The number of aliphatic imine (C=N–C) groups is 1. The lowest BCUT2D eigenvalue weighted by Gasteiger charge is -2.10. The Morgan fingerprint density at radius 1 is 1.10 bits per heavy atom. The Kier molecular flexibility index (Phi) is 4.25. The lowest BCUT2D eigenvalue weighted by molar-refractivity contribution is 1.27. The second-order valence-corrected chi connectivity index (χ2v) is 7.46. The Morgan fingerprint density at radius 2 is 1.90 bits per heavy atom. The average molecular weight is 379 g/mol. The Bertz CT molecular complexity index is 780. The molecule has 2 aromatic rings. The normalized spacial score (nSPS) is 14.6. The molecule has 0 N–H and O–H groups in total. The van der Waals surface area contributed by atoms with Crippen LogP contribution in [0.3, 0.4) is 0 Å². The Hall–Kier alpha value is -1.03. The molecule has 4 heteroatoms. The number of hydrogen-bond donors (Lipinski definition) is 0. The summed E-state index contributed by atoms with van der Waals surface area (Å²) in [5.41, 5.74) is 4.26. The van der Waals surface area contributed by atoms with Crippen molar-refractivity contribution < 1.29 is 0 Å². The third-order valence-corrected chi connectivity index (χ3v) is 5.24. The van der Waals surface area contributed by atoms with Crippen LogP contribution in [0, 0.1) is 0 Å². The molecule has 0 amide bonds. The van der Waals surface area contributed by atoms with E-state index in [0.29, 0.717) is 0 Å². The predicted molar refractivity (Wildman–Crippen MR) is 95.5 cm³/mol. The molecule has 0 aromatic heterocycles. The summed E-state index contributed by atoms with van der Waals surface area (Å²) < 4.78 is 1.05. The molecule has 0 saturated carbocycles. The van der Waals surface area contributed by atoms with Gasteiger partial charge in [-0.25, -0.2) is 0 Å². The first kappa shape index (κ1) is 14.9. The van der Waals surface area contributed by atoms with Crippen molar-refractivity contribution in [3.8, 4) is 0 Å².